The molecule has 0 spiro atoms. The van der Waals surface area contributed by atoms with Crippen LogP contribution in [0.2, 0.25) is 0 Å². The van der Waals surface area contributed by atoms with Gasteiger partial charge in [0.25, 0.3) is 0 Å². The average Bonchev–Trinajstić information content (AvgIpc) is 3.40. The topological polar surface area (TPSA) is 61.4 Å². The normalized spacial score (nSPS) is 14.9. The van der Waals surface area contributed by atoms with Gasteiger partial charge in [-0.3, -0.25) is 0 Å². The lowest BCUT2D eigenvalue weighted by atomic mass is 9.92. The molecule has 4 heteroatoms. The second-order valence-corrected chi connectivity index (χ2v) is 6.56. The highest BCUT2D eigenvalue weighted by Gasteiger charge is 2.45. The number of carbonyl (C=O) groups excluding carboxylic acids is 1. The van der Waals surface area contributed by atoms with Crippen LogP contribution in [0, 0.1) is 6.92 Å². The van der Waals surface area contributed by atoms with E-state index < -0.39 is 0 Å². The van der Waals surface area contributed by atoms with Crippen molar-refractivity contribution < 1.29 is 9.90 Å². The minimum Gasteiger partial charge on any atom is -0.392 e. The molecule has 126 valence electrons. The smallest absolute Gasteiger partial charge is 0.315 e. The molecule has 0 unspecified atom stereocenters. The van der Waals surface area contributed by atoms with Gasteiger partial charge in [-0.1, -0.05) is 48.5 Å². The summed E-state index contributed by atoms with van der Waals surface area (Å²) in [4.78, 5) is 12.1. The summed E-state index contributed by atoms with van der Waals surface area (Å²) in [5, 5.41) is 15.2. The predicted molar refractivity (Wildman–Crippen MR) is 94.7 cm³/mol. The van der Waals surface area contributed by atoms with Gasteiger partial charge in [0.2, 0.25) is 0 Å². The summed E-state index contributed by atoms with van der Waals surface area (Å²) in [5.41, 5.74) is 4.52. The van der Waals surface area contributed by atoms with Crippen LogP contribution in [-0.4, -0.2) is 17.7 Å². The molecule has 4 nitrogen and oxygen atoms in total. The average molecular weight is 324 g/mol. The summed E-state index contributed by atoms with van der Waals surface area (Å²) >= 11 is 0. The Morgan fingerprint density at radius 3 is 2.38 bits per heavy atom. The van der Waals surface area contributed by atoms with Crippen molar-refractivity contribution in [3.8, 4) is 0 Å². The summed E-state index contributed by atoms with van der Waals surface area (Å²) in [6.45, 7) is 3.18. The molecule has 1 aliphatic rings. The van der Waals surface area contributed by atoms with E-state index in [1.54, 1.807) is 0 Å². The minimum atomic E-state index is -0.164. The van der Waals surface area contributed by atoms with Crippen LogP contribution in [0.15, 0.2) is 48.5 Å². The third kappa shape index (κ3) is 3.60. The zero-order valence-electron chi connectivity index (χ0n) is 14.0. The Hall–Kier alpha value is -2.33. The van der Waals surface area contributed by atoms with Gasteiger partial charge in [0.15, 0.2) is 0 Å². The van der Waals surface area contributed by atoms with Crippen LogP contribution < -0.4 is 10.6 Å². The number of aryl methyl sites for hydroxylation is 1. The van der Waals surface area contributed by atoms with Crippen molar-refractivity contribution >= 4 is 6.03 Å². The van der Waals surface area contributed by atoms with Crippen molar-refractivity contribution in [3.63, 3.8) is 0 Å². The molecule has 1 fully saturated rings. The van der Waals surface area contributed by atoms with Crippen LogP contribution in [0.4, 0.5) is 4.79 Å². The van der Waals surface area contributed by atoms with Crippen LogP contribution in [0.1, 0.15) is 35.1 Å². The lowest BCUT2D eigenvalue weighted by molar-refractivity contribution is 0.239. The highest BCUT2D eigenvalue weighted by Crippen LogP contribution is 2.48. The molecule has 0 bridgehead atoms. The first kappa shape index (κ1) is 16.5. The van der Waals surface area contributed by atoms with Gasteiger partial charge in [0.05, 0.1) is 6.61 Å². The van der Waals surface area contributed by atoms with E-state index in [2.05, 4.69) is 35.8 Å². The summed E-state index contributed by atoms with van der Waals surface area (Å²) in [7, 11) is 0. The molecule has 2 aromatic carbocycles. The van der Waals surface area contributed by atoms with Crippen LogP contribution in [0.5, 0.6) is 0 Å². The third-order valence-corrected chi connectivity index (χ3v) is 4.89. The molecule has 0 aliphatic heterocycles. The van der Waals surface area contributed by atoms with Gasteiger partial charge in [0.1, 0.15) is 0 Å². The van der Waals surface area contributed by atoms with Crippen LogP contribution >= 0.6 is 0 Å². The maximum atomic E-state index is 12.1. The van der Waals surface area contributed by atoms with E-state index in [4.69, 9.17) is 0 Å². The summed E-state index contributed by atoms with van der Waals surface area (Å²) in [6, 6.07) is 15.8. The van der Waals surface area contributed by atoms with Gasteiger partial charge < -0.3 is 15.7 Å². The van der Waals surface area contributed by atoms with Gasteiger partial charge in [-0.05, 0) is 42.0 Å². The minimum absolute atomic E-state index is 0.0180. The molecule has 3 N–H and O–H groups in total. The highest BCUT2D eigenvalue weighted by molar-refractivity contribution is 5.74. The zero-order chi connectivity index (χ0) is 17.0. The highest BCUT2D eigenvalue weighted by atomic mass is 16.3. The first-order valence-electron chi connectivity index (χ1n) is 8.40. The molecule has 1 saturated carbocycles. The third-order valence-electron chi connectivity index (χ3n) is 4.89. The Morgan fingerprint density at radius 2 is 1.71 bits per heavy atom. The van der Waals surface area contributed by atoms with Gasteiger partial charge in [-0.15, -0.1) is 0 Å². The molecule has 24 heavy (non-hydrogen) atoms. The number of benzene rings is 2. The van der Waals surface area contributed by atoms with Gasteiger partial charge in [-0.25, -0.2) is 4.79 Å². The molecule has 2 aromatic rings. The van der Waals surface area contributed by atoms with E-state index in [9.17, 15) is 9.90 Å². The summed E-state index contributed by atoms with van der Waals surface area (Å²) in [5.74, 6) is 0. The molecule has 2 amide bonds. The van der Waals surface area contributed by atoms with E-state index in [0.29, 0.717) is 13.1 Å². The molecule has 0 aromatic heterocycles. The number of hydrogen-bond acceptors (Lipinski definition) is 2. The molecule has 3 rings (SSSR count). The van der Waals surface area contributed by atoms with Crippen LogP contribution in [-0.2, 0) is 18.6 Å². The Balaban J connectivity index is 1.54. The van der Waals surface area contributed by atoms with Crippen molar-refractivity contribution in [1.29, 1.82) is 0 Å². The van der Waals surface area contributed by atoms with E-state index in [-0.39, 0.29) is 18.1 Å². The number of hydrogen-bond donors (Lipinski definition) is 3. The Kier molecular flexibility index (Phi) is 4.86. The van der Waals surface area contributed by atoms with Crippen molar-refractivity contribution in [3.05, 3.63) is 70.8 Å². The first-order valence-corrected chi connectivity index (χ1v) is 8.40. The second-order valence-electron chi connectivity index (χ2n) is 6.56. The standard InChI is InChI=1S/C20H24N2O2/c1-15-6-2-5-9-18(15)20(10-11-20)14-22-19(24)21-12-16-7-3-4-8-17(16)13-23/h2-9,23H,10-14H2,1H3,(H2,21,22,24). The fourth-order valence-electron chi connectivity index (χ4n) is 3.23. The molecule has 0 saturated heterocycles. The van der Waals surface area contributed by atoms with Crippen LogP contribution in [0.25, 0.3) is 0 Å². The Morgan fingerprint density at radius 1 is 1.04 bits per heavy atom. The molecule has 0 radical (unpaired) electrons. The Bertz CT molecular complexity index is 723. The Labute approximate surface area is 142 Å². The largest absolute Gasteiger partial charge is 0.392 e. The van der Waals surface area contributed by atoms with Crippen LogP contribution in [0.3, 0.4) is 0 Å². The maximum absolute atomic E-state index is 12.1. The zero-order valence-corrected chi connectivity index (χ0v) is 14.0. The van der Waals surface area contributed by atoms with Gasteiger partial charge >= 0.3 is 6.03 Å². The SMILES string of the molecule is Cc1ccccc1C1(CNC(=O)NCc2ccccc2CO)CC1. The van der Waals surface area contributed by atoms with Crippen molar-refractivity contribution in [2.75, 3.05) is 6.54 Å². The maximum Gasteiger partial charge on any atom is 0.315 e. The monoisotopic (exact) mass is 324 g/mol. The van der Waals surface area contributed by atoms with Gasteiger partial charge in [-0.2, -0.15) is 0 Å². The fourth-order valence-corrected chi connectivity index (χ4v) is 3.23. The van der Waals surface area contributed by atoms with E-state index in [1.165, 1.54) is 11.1 Å². The molecule has 0 heterocycles. The van der Waals surface area contributed by atoms with Gasteiger partial charge in [0, 0.05) is 18.5 Å². The lowest BCUT2D eigenvalue weighted by Crippen LogP contribution is -2.39. The van der Waals surface area contributed by atoms with Crippen molar-refractivity contribution in [1.82, 2.24) is 10.6 Å². The quantitative estimate of drug-likeness (QED) is 0.765. The lowest BCUT2D eigenvalue weighted by Gasteiger charge is -2.19. The predicted octanol–water partition coefficient (Wildman–Crippen LogP) is 3.02. The molecular weight excluding hydrogens is 300 g/mol. The number of aliphatic hydroxyl groups is 1. The number of aliphatic hydroxyl groups excluding tert-OH is 1. The first-order chi connectivity index (χ1) is 11.6. The van der Waals surface area contributed by atoms with E-state index in [0.717, 1.165) is 24.0 Å². The van der Waals surface area contributed by atoms with E-state index in [1.807, 2.05) is 30.3 Å². The number of rotatable bonds is 6. The van der Waals surface area contributed by atoms with Crippen molar-refractivity contribution in [2.24, 2.45) is 0 Å². The van der Waals surface area contributed by atoms with Crippen molar-refractivity contribution in [2.45, 2.75) is 38.3 Å². The number of nitrogens with one attached hydrogen (secondary N) is 2. The molecule has 1 aliphatic carbocycles. The van der Waals surface area contributed by atoms with E-state index >= 15 is 0 Å². The number of amides is 2. The summed E-state index contributed by atoms with van der Waals surface area (Å²) < 4.78 is 0. The number of urea groups is 1. The number of carbonyl (C=O) groups is 1. The molecular formula is C20H24N2O2. The summed E-state index contributed by atoms with van der Waals surface area (Å²) in [6.07, 6.45) is 2.23. The second kappa shape index (κ2) is 7.05. The molecule has 0 atom stereocenters. The fraction of sp³-hybridized carbons (Fsp3) is 0.350.